The van der Waals surface area contributed by atoms with Gasteiger partial charge in [-0.2, -0.15) is 0 Å². The summed E-state index contributed by atoms with van der Waals surface area (Å²) in [5.41, 5.74) is 2.44. The molecule has 5 heteroatoms. The second kappa shape index (κ2) is 4.40. The molecular formula is C11H11N3OS. The number of aryl methyl sites for hydroxylation is 2. The summed E-state index contributed by atoms with van der Waals surface area (Å²) in [5.74, 6) is 0.283. The molecule has 2 aromatic rings. The van der Waals surface area contributed by atoms with Gasteiger partial charge < -0.3 is 5.11 Å². The quantitative estimate of drug-likeness (QED) is 0.800. The molecule has 16 heavy (non-hydrogen) atoms. The molecule has 0 aliphatic rings. The third-order valence-electron chi connectivity index (χ3n) is 2.18. The lowest BCUT2D eigenvalue weighted by Crippen LogP contribution is -1.78. The summed E-state index contributed by atoms with van der Waals surface area (Å²) in [5, 5.41) is 20.1. The van der Waals surface area contributed by atoms with Crippen LogP contribution >= 0.6 is 11.3 Å². The fourth-order valence-electron chi connectivity index (χ4n) is 1.26. The summed E-state index contributed by atoms with van der Waals surface area (Å²) >= 11 is 1.43. The van der Waals surface area contributed by atoms with Gasteiger partial charge in [0.05, 0.1) is 5.69 Å². The SMILES string of the molecule is Cc1cc(N=Nc2nccs2)c(C)cc1O. The zero-order chi connectivity index (χ0) is 11.5. The highest BCUT2D eigenvalue weighted by Gasteiger charge is 2.02. The highest BCUT2D eigenvalue weighted by atomic mass is 32.1. The maximum Gasteiger partial charge on any atom is 0.229 e. The molecule has 1 aromatic heterocycles. The molecule has 0 amide bonds. The normalized spacial score (nSPS) is 11.1. The van der Waals surface area contributed by atoms with E-state index in [9.17, 15) is 5.11 Å². The zero-order valence-corrected chi connectivity index (χ0v) is 9.82. The first-order chi connectivity index (χ1) is 7.66. The number of phenolic OH excluding ortho intramolecular Hbond substituents is 1. The summed E-state index contributed by atoms with van der Waals surface area (Å²) in [6.07, 6.45) is 1.69. The predicted molar refractivity (Wildman–Crippen MR) is 63.9 cm³/mol. The fraction of sp³-hybridized carbons (Fsp3) is 0.182. The number of nitrogens with zero attached hydrogens (tertiary/aromatic N) is 3. The molecule has 2 rings (SSSR count). The molecule has 0 aliphatic carbocycles. The maximum atomic E-state index is 9.49. The summed E-state index contributed by atoms with van der Waals surface area (Å²) in [6, 6.07) is 3.49. The Morgan fingerprint density at radius 1 is 1.19 bits per heavy atom. The van der Waals surface area contributed by atoms with E-state index in [0.717, 1.165) is 16.8 Å². The maximum absolute atomic E-state index is 9.49. The van der Waals surface area contributed by atoms with Crippen LogP contribution in [-0.2, 0) is 0 Å². The minimum absolute atomic E-state index is 0.283. The second-order valence-corrected chi connectivity index (χ2v) is 4.31. The number of aromatic nitrogens is 1. The van der Waals surface area contributed by atoms with Gasteiger partial charge in [-0.1, -0.05) is 0 Å². The van der Waals surface area contributed by atoms with Crippen LogP contribution in [0.25, 0.3) is 0 Å². The van der Waals surface area contributed by atoms with E-state index >= 15 is 0 Å². The van der Waals surface area contributed by atoms with Crippen molar-refractivity contribution in [3.05, 3.63) is 34.8 Å². The number of thiazole rings is 1. The van der Waals surface area contributed by atoms with E-state index in [0.29, 0.717) is 5.13 Å². The summed E-state index contributed by atoms with van der Waals surface area (Å²) in [4.78, 5) is 4.01. The first kappa shape index (κ1) is 10.8. The molecule has 0 saturated carbocycles. The first-order valence-corrected chi connectivity index (χ1v) is 5.66. The van der Waals surface area contributed by atoms with Gasteiger partial charge in [0.1, 0.15) is 5.75 Å². The third kappa shape index (κ3) is 2.25. The summed E-state index contributed by atoms with van der Waals surface area (Å²) in [7, 11) is 0. The number of rotatable bonds is 2. The van der Waals surface area contributed by atoms with E-state index in [1.807, 2.05) is 25.3 Å². The topological polar surface area (TPSA) is 57.8 Å². The van der Waals surface area contributed by atoms with Crippen LogP contribution in [-0.4, -0.2) is 10.1 Å². The van der Waals surface area contributed by atoms with Crippen molar-refractivity contribution >= 4 is 22.2 Å². The van der Waals surface area contributed by atoms with Crippen LogP contribution in [0.2, 0.25) is 0 Å². The molecule has 0 spiro atoms. The van der Waals surface area contributed by atoms with Crippen LogP contribution in [0.5, 0.6) is 5.75 Å². The van der Waals surface area contributed by atoms with Gasteiger partial charge in [-0.15, -0.1) is 21.6 Å². The average molecular weight is 233 g/mol. The van der Waals surface area contributed by atoms with Gasteiger partial charge in [0.25, 0.3) is 0 Å². The molecule has 0 bridgehead atoms. The van der Waals surface area contributed by atoms with Crippen LogP contribution in [0.3, 0.4) is 0 Å². The van der Waals surface area contributed by atoms with Crippen molar-refractivity contribution < 1.29 is 5.11 Å². The number of benzene rings is 1. The molecule has 82 valence electrons. The largest absolute Gasteiger partial charge is 0.508 e. The number of phenols is 1. The average Bonchev–Trinajstić information content (AvgIpc) is 2.74. The lowest BCUT2D eigenvalue weighted by molar-refractivity contribution is 0.470. The zero-order valence-electron chi connectivity index (χ0n) is 9.01. The van der Waals surface area contributed by atoms with Crippen molar-refractivity contribution in [2.24, 2.45) is 10.2 Å². The lowest BCUT2D eigenvalue weighted by Gasteiger charge is -2.02. The molecule has 1 N–H and O–H groups in total. The molecule has 0 aliphatic heterocycles. The van der Waals surface area contributed by atoms with Crippen LogP contribution in [0, 0.1) is 13.8 Å². The molecular weight excluding hydrogens is 222 g/mol. The highest BCUT2D eigenvalue weighted by molar-refractivity contribution is 7.13. The Balaban J connectivity index is 2.31. The second-order valence-electron chi connectivity index (χ2n) is 3.44. The molecule has 1 aromatic carbocycles. The van der Waals surface area contributed by atoms with E-state index in [1.54, 1.807) is 12.3 Å². The van der Waals surface area contributed by atoms with Crippen molar-refractivity contribution in [2.75, 3.05) is 0 Å². The van der Waals surface area contributed by atoms with Gasteiger partial charge in [-0.25, -0.2) is 4.98 Å². The standard InChI is InChI=1S/C11H11N3OS/c1-7-6-10(15)8(2)5-9(7)13-14-11-12-3-4-16-11/h3-6,15H,1-2H3. The minimum Gasteiger partial charge on any atom is -0.508 e. The Bertz CT molecular complexity index is 520. The summed E-state index contributed by atoms with van der Waals surface area (Å²) in [6.45, 7) is 3.71. The number of hydrogen-bond donors (Lipinski definition) is 1. The molecule has 4 nitrogen and oxygen atoms in total. The number of azo groups is 1. The molecule has 0 atom stereocenters. The van der Waals surface area contributed by atoms with E-state index < -0.39 is 0 Å². The third-order valence-corrected chi connectivity index (χ3v) is 2.83. The van der Waals surface area contributed by atoms with Gasteiger partial charge in [-0.3, -0.25) is 0 Å². The van der Waals surface area contributed by atoms with Crippen molar-refractivity contribution in [2.45, 2.75) is 13.8 Å². The molecule has 0 unspecified atom stereocenters. The summed E-state index contributed by atoms with van der Waals surface area (Å²) < 4.78 is 0. The lowest BCUT2D eigenvalue weighted by atomic mass is 10.1. The first-order valence-electron chi connectivity index (χ1n) is 4.78. The minimum atomic E-state index is 0.283. The monoisotopic (exact) mass is 233 g/mol. The van der Waals surface area contributed by atoms with Gasteiger partial charge in [0, 0.05) is 11.6 Å². The number of hydrogen-bond acceptors (Lipinski definition) is 5. The van der Waals surface area contributed by atoms with Crippen LogP contribution < -0.4 is 0 Å². The van der Waals surface area contributed by atoms with Crippen molar-refractivity contribution in [3.63, 3.8) is 0 Å². The Morgan fingerprint density at radius 3 is 2.69 bits per heavy atom. The van der Waals surface area contributed by atoms with Crippen molar-refractivity contribution in [1.82, 2.24) is 4.98 Å². The van der Waals surface area contributed by atoms with Crippen LogP contribution in [0.4, 0.5) is 10.8 Å². The van der Waals surface area contributed by atoms with Crippen molar-refractivity contribution in [3.8, 4) is 5.75 Å². The molecule has 0 fully saturated rings. The smallest absolute Gasteiger partial charge is 0.229 e. The Labute approximate surface area is 97.3 Å². The highest BCUT2D eigenvalue weighted by Crippen LogP contribution is 2.28. The predicted octanol–water partition coefficient (Wildman–Crippen LogP) is 3.88. The number of aromatic hydroxyl groups is 1. The Morgan fingerprint density at radius 2 is 2.00 bits per heavy atom. The van der Waals surface area contributed by atoms with Gasteiger partial charge in [0.15, 0.2) is 0 Å². The Kier molecular flexibility index (Phi) is 2.96. The van der Waals surface area contributed by atoms with Crippen molar-refractivity contribution in [1.29, 1.82) is 0 Å². The molecule has 1 heterocycles. The van der Waals surface area contributed by atoms with Crippen LogP contribution in [0.1, 0.15) is 11.1 Å². The van der Waals surface area contributed by atoms with Crippen LogP contribution in [0.15, 0.2) is 33.9 Å². The fourth-order valence-corrected chi connectivity index (χ4v) is 1.71. The van der Waals surface area contributed by atoms with Gasteiger partial charge in [-0.05, 0) is 37.1 Å². The van der Waals surface area contributed by atoms with Gasteiger partial charge >= 0.3 is 0 Å². The van der Waals surface area contributed by atoms with E-state index in [4.69, 9.17) is 0 Å². The molecule has 0 saturated heterocycles. The molecule has 0 radical (unpaired) electrons. The Hall–Kier alpha value is -1.75. The van der Waals surface area contributed by atoms with E-state index in [2.05, 4.69) is 15.2 Å². The van der Waals surface area contributed by atoms with Gasteiger partial charge in [0.2, 0.25) is 5.13 Å². The van der Waals surface area contributed by atoms with E-state index in [-0.39, 0.29) is 5.75 Å². The van der Waals surface area contributed by atoms with E-state index in [1.165, 1.54) is 11.3 Å².